The number of hydrogen-bond donors (Lipinski definition) is 0. The van der Waals surface area contributed by atoms with Crippen molar-refractivity contribution >= 4 is 6.21 Å². The fourth-order valence-electron chi connectivity index (χ4n) is 2.11. The highest BCUT2D eigenvalue weighted by Crippen LogP contribution is 2.22. The van der Waals surface area contributed by atoms with E-state index in [4.69, 9.17) is 4.74 Å². The highest BCUT2D eigenvalue weighted by Gasteiger charge is 2.23. The molecule has 0 aliphatic rings. The van der Waals surface area contributed by atoms with Crippen LogP contribution in [0.5, 0.6) is 0 Å². The van der Waals surface area contributed by atoms with Crippen LogP contribution in [0.2, 0.25) is 0 Å². The Balaban J connectivity index is 1.95. The van der Waals surface area contributed by atoms with Crippen LogP contribution in [0.1, 0.15) is 31.9 Å². The SMILES string of the molecule is CC(C)(C)C(C=NCc1ccccc1)OCc1ccccc1. The van der Waals surface area contributed by atoms with E-state index in [1.807, 2.05) is 42.6 Å². The third kappa shape index (κ3) is 5.45. The Hall–Kier alpha value is -1.93. The van der Waals surface area contributed by atoms with Crippen LogP contribution < -0.4 is 0 Å². The second-order valence-electron chi connectivity index (χ2n) is 6.56. The van der Waals surface area contributed by atoms with E-state index in [-0.39, 0.29) is 11.5 Å². The molecule has 2 aromatic rings. The molecule has 0 bridgehead atoms. The van der Waals surface area contributed by atoms with E-state index >= 15 is 0 Å². The monoisotopic (exact) mass is 295 g/mol. The van der Waals surface area contributed by atoms with Crippen LogP contribution in [-0.2, 0) is 17.9 Å². The topological polar surface area (TPSA) is 21.6 Å². The summed E-state index contributed by atoms with van der Waals surface area (Å²) in [7, 11) is 0. The van der Waals surface area contributed by atoms with Gasteiger partial charge in [-0.25, -0.2) is 0 Å². The minimum atomic E-state index is -0.00332. The first-order valence-corrected chi connectivity index (χ1v) is 7.75. The molecule has 0 radical (unpaired) electrons. The lowest BCUT2D eigenvalue weighted by Gasteiger charge is -2.27. The third-order valence-corrected chi connectivity index (χ3v) is 3.48. The number of benzene rings is 2. The Morgan fingerprint density at radius 1 is 0.909 bits per heavy atom. The zero-order chi connectivity index (χ0) is 15.8. The molecule has 0 saturated carbocycles. The maximum atomic E-state index is 6.08. The molecule has 1 unspecified atom stereocenters. The molecule has 2 rings (SSSR count). The van der Waals surface area contributed by atoms with Gasteiger partial charge in [0.1, 0.15) is 0 Å². The number of ether oxygens (including phenoxy) is 1. The van der Waals surface area contributed by atoms with E-state index in [2.05, 4.69) is 50.0 Å². The van der Waals surface area contributed by atoms with Crippen molar-refractivity contribution in [1.29, 1.82) is 0 Å². The first-order chi connectivity index (χ1) is 10.6. The van der Waals surface area contributed by atoms with Gasteiger partial charge in [-0.3, -0.25) is 4.99 Å². The minimum Gasteiger partial charge on any atom is -0.367 e. The predicted molar refractivity (Wildman–Crippen MR) is 93.1 cm³/mol. The summed E-state index contributed by atoms with van der Waals surface area (Å²) in [6.07, 6.45) is 1.95. The van der Waals surface area contributed by atoms with Gasteiger partial charge in [-0.1, -0.05) is 81.4 Å². The first-order valence-electron chi connectivity index (χ1n) is 7.75. The predicted octanol–water partition coefficient (Wildman–Crippen LogP) is 4.89. The zero-order valence-corrected chi connectivity index (χ0v) is 13.7. The maximum Gasteiger partial charge on any atom is 0.0974 e. The van der Waals surface area contributed by atoms with Crippen molar-refractivity contribution in [1.82, 2.24) is 0 Å². The van der Waals surface area contributed by atoms with Gasteiger partial charge >= 0.3 is 0 Å². The Kier molecular flexibility index (Phi) is 5.91. The van der Waals surface area contributed by atoms with Gasteiger partial charge in [-0.05, 0) is 16.5 Å². The van der Waals surface area contributed by atoms with Crippen molar-refractivity contribution in [2.75, 3.05) is 0 Å². The smallest absolute Gasteiger partial charge is 0.0974 e. The highest BCUT2D eigenvalue weighted by atomic mass is 16.5. The van der Waals surface area contributed by atoms with E-state index in [9.17, 15) is 0 Å². The van der Waals surface area contributed by atoms with Crippen LogP contribution in [0.15, 0.2) is 65.7 Å². The third-order valence-electron chi connectivity index (χ3n) is 3.48. The summed E-state index contributed by atoms with van der Waals surface area (Å²) in [5.74, 6) is 0. The Morgan fingerprint density at radius 3 is 2.00 bits per heavy atom. The van der Waals surface area contributed by atoms with Crippen molar-refractivity contribution in [3.63, 3.8) is 0 Å². The van der Waals surface area contributed by atoms with Gasteiger partial charge in [0, 0.05) is 6.21 Å². The lowest BCUT2D eigenvalue weighted by atomic mass is 9.89. The summed E-state index contributed by atoms with van der Waals surface area (Å²) in [5.41, 5.74) is 2.43. The number of hydrogen-bond acceptors (Lipinski definition) is 2. The number of nitrogens with zero attached hydrogens (tertiary/aromatic N) is 1. The highest BCUT2D eigenvalue weighted by molar-refractivity contribution is 5.64. The van der Waals surface area contributed by atoms with Gasteiger partial charge in [-0.2, -0.15) is 0 Å². The summed E-state index contributed by atoms with van der Waals surface area (Å²) >= 11 is 0. The van der Waals surface area contributed by atoms with Crippen molar-refractivity contribution in [3.05, 3.63) is 71.8 Å². The number of rotatable bonds is 6. The molecule has 2 aromatic carbocycles. The van der Waals surface area contributed by atoms with E-state index < -0.39 is 0 Å². The van der Waals surface area contributed by atoms with Crippen molar-refractivity contribution < 1.29 is 4.74 Å². The normalized spacial score (nSPS) is 13.4. The standard InChI is InChI=1S/C20H25NO/c1-20(2,3)19(22-16-18-12-8-5-9-13-18)15-21-14-17-10-6-4-7-11-17/h4-13,15,19H,14,16H2,1-3H3. The first kappa shape index (κ1) is 16.4. The summed E-state index contributed by atoms with van der Waals surface area (Å²) in [5, 5.41) is 0. The molecule has 1 atom stereocenters. The molecule has 2 nitrogen and oxygen atoms in total. The maximum absolute atomic E-state index is 6.08. The molecule has 0 N–H and O–H groups in total. The second kappa shape index (κ2) is 7.90. The van der Waals surface area contributed by atoms with Crippen LogP contribution in [0.25, 0.3) is 0 Å². The molecule has 0 fully saturated rings. The summed E-state index contributed by atoms with van der Waals surface area (Å²) in [6, 6.07) is 20.5. The van der Waals surface area contributed by atoms with Crippen LogP contribution >= 0.6 is 0 Å². The zero-order valence-electron chi connectivity index (χ0n) is 13.7. The molecule has 0 aliphatic carbocycles. The van der Waals surface area contributed by atoms with E-state index in [0.29, 0.717) is 13.2 Å². The van der Waals surface area contributed by atoms with Crippen LogP contribution in [-0.4, -0.2) is 12.3 Å². The molecule has 2 heteroatoms. The molecule has 0 spiro atoms. The van der Waals surface area contributed by atoms with Crippen LogP contribution in [0, 0.1) is 5.41 Å². The van der Waals surface area contributed by atoms with Gasteiger partial charge in [0.15, 0.2) is 0 Å². The summed E-state index contributed by atoms with van der Waals surface area (Å²) < 4.78 is 6.08. The molecule has 0 aromatic heterocycles. The second-order valence-corrected chi connectivity index (χ2v) is 6.56. The average Bonchev–Trinajstić information content (AvgIpc) is 2.51. The lowest BCUT2D eigenvalue weighted by Crippen LogP contribution is -2.30. The largest absolute Gasteiger partial charge is 0.367 e. The Bertz CT molecular complexity index is 570. The fraction of sp³-hybridized carbons (Fsp3) is 0.350. The molecule has 116 valence electrons. The minimum absolute atomic E-state index is 0.00332. The fourth-order valence-corrected chi connectivity index (χ4v) is 2.11. The van der Waals surface area contributed by atoms with E-state index in [1.165, 1.54) is 11.1 Å². The van der Waals surface area contributed by atoms with Crippen LogP contribution in [0.3, 0.4) is 0 Å². The van der Waals surface area contributed by atoms with Crippen molar-refractivity contribution in [3.8, 4) is 0 Å². The van der Waals surface area contributed by atoms with Crippen molar-refractivity contribution in [2.24, 2.45) is 10.4 Å². The van der Waals surface area contributed by atoms with Gasteiger partial charge in [0.25, 0.3) is 0 Å². The molecule has 0 amide bonds. The molecular weight excluding hydrogens is 270 g/mol. The van der Waals surface area contributed by atoms with Crippen molar-refractivity contribution in [2.45, 2.75) is 40.0 Å². The summed E-state index contributed by atoms with van der Waals surface area (Å²) in [6.45, 7) is 7.84. The molecule has 22 heavy (non-hydrogen) atoms. The van der Waals surface area contributed by atoms with Gasteiger partial charge < -0.3 is 4.74 Å². The summed E-state index contributed by atoms with van der Waals surface area (Å²) in [4.78, 5) is 4.57. The Morgan fingerprint density at radius 2 is 1.45 bits per heavy atom. The molecule has 0 saturated heterocycles. The van der Waals surface area contributed by atoms with Crippen LogP contribution in [0.4, 0.5) is 0 Å². The molecular formula is C20H25NO. The molecule has 0 aliphatic heterocycles. The van der Waals surface area contributed by atoms with E-state index in [1.54, 1.807) is 0 Å². The van der Waals surface area contributed by atoms with Gasteiger partial charge in [-0.15, -0.1) is 0 Å². The Labute approximate surface area is 133 Å². The lowest BCUT2D eigenvalue weighted by molar-refractivity contribution is 0.0203. The van der Waals surface area contributed by atoms with Gasteiger partial charge in [0.05, 0.1) is 19.3 Å². The number of aliphatic imine (C=N–C) groups is 1. The van der Waals surface area contributed by atoms with E-state index in [0.717, 1.165) is 0 Å². The molecule has 0 heterocycles. The quantitative estimate of drug-likeness (QED) is 0.695. The van der Waals surface area contributed by atoms with Gasteiger partial charge in [0.2, 0.25) is 0 Å². The average molecular weight is 295 g/mol.